The maximum Gasteiger partial charge on any atom is 0.230 e. The maximum atomic E-state index is 12.5. The van der Waals surface area contributed by atoms with Gasteiger partial charge in [-0.3, -0.25) is 4.79 Å². The van der Waals surface area contributed by atoms with Crippen molar-refractivity contribution in [3.05, 3.63) is 12.3 Å². The van der Waals surface area contributed by atoms with E-state index in [1.807, 2.05) is 24.9 Å². The fourth-order valence-electron chi connectivity index (χ4n) is 3.47. The van der Waals surface area contributed by atoms with Crippen molar-refractivity contribution in [1.29, 1.82) is 0 Å². The molecule has 0 radical (unpaired) electrons. The van der Waals surface area contributed by atoms with Gasteiger partial charge in [-0.05, 0) is 32.3 Å². The SMILES string of the molecule is CCNc1ccnc(N2CCC3(CCCN(C)C3=O)C2)n1. The first-order valence-corrected chi connectivity index (χ1v) is 7.72. The lowest BCUT2D eigenvalue weighted by Gasteiger charge is -2.37. The minimum absolute atomic E-state index is 0.218. The molecule has 0 aromatic carbocycles. The van der Waals surface area contributed by atoms with Crippen LogP contribution >= 0.6 is 0 Å². The molecule has 21 heavy (non-hydrogen) atoms. The van der Waals surface area contributed by atoms with Gasteiger partial charge >= 0.3 is 0 Å². The van der Waals surface area contributed by atoms with Gasteiger partial charge in [-0.1, -0.05) is 0 Å². The van der Waals surface area contributed by atoms with Gasteiger partial charge in [-0.2, -0.15) is 4.98 Å². The number of anilines is 2. The summed E-state index contributed by atoms with van der Waals surface area (Å²) >= 11 is 0. The number of hydrogen-bond donors (Lipinski definition) is 1. The Morgan fingerprint density at radius 2 is 2.24 bits per heavy atom. The van der Waals surface area contributed by atoms with Crippen LogP contribution in [0.15, 0.2) is 12.3 Å². The van der Waals surface area contributed by atoms with Crippen LogP contribution in [0.2, 0.25) is 0 Å². The fourth-order valence-corrected chi connectivity index (χ4v) is 3.47. The molecule has 2 aliphatic heterocycles. The second-order valence-electron chi connectivity index (χ2n) is 6.05. The molecular weight excluding hydrogens is 266 g/mol. The molecule has 1 aromatic heterocycles. The van der Waals surface area contributed by atoms with Crippen LogP contribution in [-0.4, -0.2) is 54.0 Å². The number of hydrogen-bond acceptors (Lipinski definition) is 5. The number of nitrogens with one attached hydrogen (secondary N) is 1. The molecule has 3 heterocycles. The molecule has 2 fully saturated rings. The van der Waals surface area contributed by atoms with Crippen molar-refractivity contribution in [2.24, 2.45) is 5.41 Å². The Labute approximate surface area is 125 Å². The standard InChI is InChI=1S/C15H23N5O/c1-3-16-12-5-8-17-14(18-12)20-10-7-15(11-20)6-4-9-19(2)13(15)21/h5,8H,3-4,6-7,9-11H2,1-2H3,(H,16,17,18). The summed E-state index contributed by atoms with van der Waals surface area (Å²) < 4.78 is 0. The minimum Gasteiger partial charge on any atom is -0.370 e. The van der Waals surface area contributed by atoms with Gasteiger partial charge in [-0.25, -0.2) is 4.98 Å². The van der Waals surface area contributed by atoms with Gasteiger partial charge in [0.2, 0.25) is 11.9 Å². The monoisotopic (exact) mass is 289 g/mol. The molecule has 0 saturated carbocycles. The van der Waals surface area contributed by atoms with Gasteiger partial charge < -0.3 is 15.1 Å². The van der Waals surface area contributed by atoms with Gasteiger partial charge in [0.1, 0.15) is 5.82 Å². The number of aromatic nitrogens is 2. The normalized spacial score (nSPS) is 25.7. The van der Waals surface area contributed by atoms with Crippen molar-refractivity contribution in [2.75, 3.05) is 43.4 Å². The van der Waals surface area contributed by atoms with E-state index >= 15 is 0 Å². The lowest BCUT2D eigenvalue weighted by Crippen LogP contribution is -2.48. The Morgan fingerprint density at radius 3 is 3.05 bits per heavy atom. The molecular formula is C15H23N5O. The smallest absolute Gasteiger partial charge is 0.230 e. The second kappa shape index (κ2) is 5.50. The van der Waals surface area contributed by atoms with Crippen molar-refractivity contribution < 1.29 is 4.79 Å². The van der Waals surface area contributed by atoms with Crippen molar-refractivity contribution in [1.82, 2.24) is 14.9 Å². The average molecular weight is 289 g/mol. The highest BCUT2D eigenvalue weighted by Gasteiger charge is 2.48. The van der Waals surface area contributed by atoms with Gasteiger partial charge in [-0.15, -0.1) is 0 Å². The highest BCUT2D eigenvalue weighted by molar-refractivity contribution is 5.84. The second-order valence-corrected chi connectivity index (χ2v) is 6.05. The van der Waals surface area contributed by atoms with E-state index in [0.717, 1.165) is 57.2 Å². The molecule has 1 aromatic rings. The van der Waals surface area contributed by atoms with E-state index in [-0.39, 0.29) is 5.41 Å². The van der Waals surface area contributed by atoms with Crippen LogP contribution in [-0.2, 0) is 4.79 Å². The Kier molecular flexibility index (Phi) is 3.69. The molecule has 1 atom stereocenters. The summed E-state index contributed by atoms with van der Waals surface area (Å²) in [6.45, 7) is 5.36. The van der Waals surface area contributed by atoms with E-state index in [1.165, 1.54) is 0 Å². The highest BCUT2D eigenvalue weighted by Crippen LogP contribution is 2.40. The molecule has 1 spiro atoms. The summed E-state index contributed by atoms with van der Waals surface area (Å²) in [5.74, 6) is 1.86. The molecule has 0 bridgehead atoms. The van der Waals surface area contributed by atoms with Gasteiger partial charge in [0, 0.05) is 39.4 Å². The molecule has 6 nitrogen and oxygen atoms in total. The quantitative estimate of drug-likeness (QED) is 0.910. The van der Waals surface area contributed by atoms with Crippen molar-refractivity contribution in [2.45, 2.75) is 26.2 Å². The Hall–Kier alpha value is -1.85. The summed E-state index contributed by atoms with van der Waals surface area (Å²) in [6, 6.07) is 1.87. The van der Waals surface area contributed by atoms with E-state index in [1.54, 1.807) is 6.20 Å². The molecule has 1 N–H and O–H groups in total. The fraction of sp³-hybridized carbons (Fsp3) is 0.667. The first-order valence-electron chi connectivity index (χ1n) is 7.72. The predicted octanol–water partition coefficient (Wildman–Crippen LogP) is 1.36. The van der Waals surface area contributed by atoms with E-state index in [4.69, 9.17) is 0 Å². The minimum atomic E-state index is -0.218. The first kappa shape index (κ1) is 14.1. The van der Waals surface area contributed by atoms with Crippen molar-refractivity contribution in [3.8, 4) is 0 Å². The zero-order valence-electron chi connectivity index (χ0n) is 12.8. The van der Waals surface area contributed by atoms with Crippen LogP contribution in [0.5, 0.6) is 0 Å². The van der Waals surface area contributed by atoms with E-state index in [0.29, 0.717) is 5.91 Å². The van der Waals surface area contributed by atoms with Crippen LogP contribution in [0.4, 0.5) is 11.8 Å². The molecule has 114 valence electrons. The van der Waals surface area contributed by atoms with Crippen LogP contribution in [0, 0.1) is 5.41 Å². The zero-order valence-corrected chi connectivity index (χ0v) is 12.8. The summed E-state index contributed by atoms with van der Waals surface area (Å²) in [7, 11) is 1.91. The number of nitrogens with zero attached hydrogens (tertiary/aromatic N) is 4. The molecule has 3 rings (SSSR count). The van der Waals surface area contributed by atoms with Crippen molar-refractivity contribution in [3.63, 3.8) is 0 Å². The largest absolute Gasteiger partial charge is 0.370 e. The predicted molar refractivity (Wildman–Crippen MR) is 82.3 cm³/mol. The summed E-state index contributed by atoms with van der Waals surface area (Å²) in [6.07, 6.45) is 4.76. The zero-order chi connectivity index (χ0) is 14.9. The molecule has 6 heteroatoms. The number of rotatable bonds is 3. The average Bonchev–Trinajstić information content (AvgIpc) is 2.91. The number of amides is 1. The lowest BCUT2D eigenvalue weighted by atomic mass is 9.78. The number of carbonyl (C=O) groups is 1. The summed E-state index contributed by atoms with van der Waals surface area (Å²) in [4.78, 5) is 25.5. The van der Waals surface area contributed by atoms with E-state index in [9.17, 15) is 4.79 Å². The van der Waals surface area contributed by atoms with Crippen LogP contribution in [0.1, 0.15) is 26.2 Å². The molecule has 1 unspecified atom stereocenters. The molecule has 2 aliphatic rings. The van der Waals surface area contributed by atoms with Crippen LogP contribution < -0.4 is 10.2 Å². The lowest BCUT2D eigenvalue weighted by molar-refractivity contribution is -0.143. The molecule has 2 saturated heterocycles. The van der Waals surface area contributed by atoms with Crippen LogP contribution in [0.3, 0.4) is 0 Å². The highest BCUT2D eigenvalue weighted by atomic mass is 16.2. The summed E-state index contributed by atoms with van der Waals surface area (Å²) in [5.41, 5.74) is -0.218. The van der Waals surface area contributed by atoms with Crippen molar-refractivity contribution >= 4 is 17.7 Å². The molecule has 1 amide bonds. The Morgan fingerprint density at radius 1 is 1.38 bits per heavy atom. The maximum absolute atomic E-state index is 12.5. The first-order chi connectivity index (χ1) is 10.1. The van der Waals surface area contributed by atoms with Gasteiger partial charge in [0.05, 0.1) is 5.41 Å². The van der Waals surface area contributed by atoms with Gasteiger partial charge in [0.25, 0.3) is 0 Å². The van der Waals surface area contributed by atoms with Crippen LogP contribution in [0.25, 0.3) is 0 Å². The number of carbonyl (C=O) groups excluding carboxylic acids is 1. The topological polar surface area (TPSA) is 61.4 Å². The Balaban J connectivity index is 1.77. The van der Waals surface area contributed by atoms with E-state index < -0.39 is 0 Å². The molecule has 0 aliphatic carbocycles. The van der Waals surface area contributed by atoms with E-state index in [2.05, 4.69) is 20.2 Å². The number of likely N-dealkylation sites (tertiary alicyclic amines) is 1. The summed E-state index contributed by atoms with van der Waals surface area (Å²) in [5, 5.41) is 3.21. The van der Waals surface area contributed by atoms with Gasteiger partial charge in [0.15, 0.2) is 0 Å². The third-order valence-electron chi connectivity index (χ3n) is 4.59. The third-order valence-corrected chi connectivity index (χ3v) is 4.59. The third kappa shape index (κ3) is 2.54. The Bertz CT molecular complexity index is 535. The number of piperidine rings is 1.